The third kappa shape index (κ3) is 2.27. The Morgan fingerprint density at radius 2 is 2.00 bits per heavy atom. The highest BCUT2D eigenvalue weighted by molar-refractivity contribution is 5.25. The Bertz CT molecular complexity index is 318. The topological polar surface area (TPSA) is 42.2 Å². The molecule has 1 aromatic rings. The van der Waals surface area contributed by atoms with Crippen molar-refractivity contribution < 1.29 is 8.81 Å². The Kier molecular flexibility index (Phi) is 2.88. The minimum absolute atomic E-state index is 0.241. The van der Waals surface area contributed by atoms with Gasteiger partial charge in [0.1, 0.15) is 6.17 Å². The number of halogens is 1. The fourth-order valence-electron chi connectivity index (χ4n) is 1.63. The van der Waals surface area contributed by atoms with E-state index in [1.165, 1.54) is 0 Å². The first-order valence-electron chi connectivity index (χ1n) is 5.39. The van der Waals surface area contributed by atoms with Crippen molar-refractivity contribution in [3.05, 3.63) is 5.89 Å². The molecule has 0 atom stereocenters. The van der Waals surface area contributed by atoms with Crippen LogP contribution in [-0.4, -0.2) is 29.5 Å². The molecule has 1 fully saturated rings. The fraction of sp³-hybridized carbons (Fsp3) is 0.800. The molecule has 0 unspecified atom stereocenters. The summed E-state index contributed by atoms with van der Waals surface area (Å²) in [5.41, 5.74) is 0. The van der Waals surface area contributed by atoms with Gasteiger partial charge >= 0.3 is 6.01 Å². The zero-order valence-corrected chi connectivity index (χ0v) is 9.11. The number of aromatic nitrogens is 2. The van der Waals surface area contributed by atoms with Gasteiger partial charge in [0.25, 0.3) is 0 Å². The summed E-state index contributed by atoms with van der Waals surface area (Å²) in [6.45, 7) is 5.35. The minimum Gasteiger partial charge on any atom is -0.408 e. The number of piperidine rings is 1. The summed E-state index contributed by atoms with van der Waals surface area (Å²) in [4.78, 5) is 1.95. The van der Waals surface area contributed by atoms with Gasteiger partial charge in [-0.15, -0.1) is 5.10 Å². The van der Waals surface area contributed by atoms with E-state index in [2.05, 4.69) is 10.2 Å². The van der Waals surface area contributed by atoms with Crippen molar-refractivity contribution in [2.75, 3.05) is 18.0 Å². The first kappa shape index (κ1) is 10.4. The van der Waals surface area contributed by atoms with Crippen LogP contribution in [0.1, 0.15) is 38.5 Å². The second-order valence-corrected chi connectivity index (χ2v) is 4.24. The first-order chi connectivity index (χ1) is 7.16. The highest BCUT2D eigenvalue weighted by Gasteiger charge is 2.22. The molecule has 0 N–H and O–H groups in total. The van der Waals surface area contributed by atoms with Crippen molar-refractivity contribution >= 4 is 6.01 Å². The first-order valence-corrected chi connectivity index (χ1v) is 5.39. The number of nitrogens with zero attached hydrogens (tertiary/aromatic N) is 3. The maximum atomic E-state index is 12.9. The summed E-state index contributed by atoms with van der Waals surface area (Å²) in [7, 11) is 0. The van der Waals surface area contributed by atoms with E-state index in [-0.39, 0.29) is 5.92 Å². The highest BCUT2D eigenvalue weighted by atomic mass is 19.1. The summed E-state index contributed by atoms with van der Waals surface area (Å²) in [5.74, 6) is 0.886. The molecule has 1 aliphatic heterocycles. The molecule has 2 rings (SSSR count). The maximum Gasteiger partial charge on any atom is 0.318 e. The van der Waals surface area contributed by atoms with Crippen LogP contribution in [0.15, 0.2) is 4.42 Å². The lowest BCUT2D eigenvalue weighted by atomic mass is 10.1. The number of rotatable bonds is 2. The molecule has 0 saturated carbocycles. The van der Waals surface area contributed by atoms with E-state index in [0.29, 0.717) is 37.8 Å². The fourth-order valence-corrected chi connectivity index (χ4v) is 1.63. The summed E-state index contributed by atoms with van der Waals surface area (Å²) < 4.78 is 18.4. The number of anilines is 1. The number of alkyl halides is 1. The van der Waals surface area contributed by atoms with Crippen LogP contribution in [-0.2, 0) is 0 Å². The van der Waals surface area contributed by atoms with Gasteiger partial charge in [0.15, 0.2) is 0 Å². The van der Waals surface area contributed by atoms with Gasteiger partial charge < -0.3 is 9.32 Å². The molecular formula is C10H16FN3O. The van der Waals surface area contributed by atoms with Crippen LogP contribution < -0.4 is 4.90 Å². The van der Waals surface area contributed by atoms with E-state index < -0.39 is 6.17 Å². The van der Waals surface area contributed by atoms with Gasteiger partial charge in [-0.25, -0.2) is 4.39 Å². The van der Waals surface area contributed by atoms with Crippen LogP contribution in [0, 0.1) is 0 Å². The Labute approximate surface area is 88.5 Å². The molecule has 2 heterocycles. The molecule has 0 bridgehead atoms. The van der Waals surface area contributed by atoms with Gasteiger partial charge in [0.2, 0.25) is 5.89 Å². The molecule has 1 aromatic heterocycles. The molecule has 0 radical (unpaired) electrons. The lowest BCUT2D eigenvalue weighted by Crippen LogP contribution is -2.34. The van der Waals surface area contributed by atoms with Gasteiger partial charge in [-0.05, 0) is 12.8 Å². The lowest BCUT2D eigenvalue weighted by Gasteiger charge is -2.26. The van der Waals surface area contributed by atoms with Crippen LogP contribution >= 0.6 is 0 Å². The SMILES string of the molecule is CC(C)c1nnc(N2CCC(F)CC2)o1. The van der Waals surface area contributed by atoms with E-state index in [9.17, 15) is 4.39 Å². The van der Waals surface area contributed by atoms with Gasteiger partial charge in [0.05, 0.1) is 0 Å². The highest BCUT2D eigenvalue weighted by Crippen LogP contribution is 2.22. The largest absolute Gasteiger partial charge is 0.408 e. The average Bonchev–Trinajstić information content (AvgIpc) is 2.68. The van der Waals surface area contributed by atoms with Crippen LogP contribution in [0.2, 0.25) is 0 Å². The van der Waals surface area contributed by atoms with Crippen molar-refractivity contribution in [2.24, 2.45) is 0 Å². The molecule has 0 spiro atoms. The van der Waals surface area contributed by atoms with E-state index in [1.54, 1.807) is 0 Å². The Balaban J connectivity index is 2.03. The molecule has 4 nitrogen and oxygen atoms in total. The van der Waals surface area contributed by atoms with Gasteiger partial charge in [-0.2, -0.15) is 0 Å². The Hall–Kier alpha value is -1.13. The van der Waals surface area contributed by atoms with Gasteiger partial charge in [0, 0.05) is 19.0 Å². The predicted octanol–water partition coefficient (Wildman–Crippen LogP) is 2.13. The monoisotopic (exact) mass is 213 g/mol. The van der Waals surface area contributed by atoms with Crippen molar-refractivity contribution in [2.45, 2.75) is 38.8 Å². The lowest BCUT2D eigenvalue weighted by molar-refractivity contribution is 0.272. The third-order valence-electron chi connectivity index (χ3n) is 2.62. The van der Waals surface area contributed by atoms with Crippen molar-refractivity contribution in [3.63, 3.8) is 0 Å². The van der Waals surface area contributed by atoms with Crippen LogP contribution in [0.4, 0.5) is 10.4 Å². The van der Waals surface area contributed by atoms with Crippen LogP contribution in [0.25, 0.3) is 0 Å². The molecule has 0 aromatic carbocycles. The number of hydrogen-bond acceptors (Lipinski definition) is 4. The molecule has 0 aliphatic carbocycles. The standard InChI is InChI=1S/C10H16FN3O/c1-7(2)9-12-13-10(15-9)14-5-3-8(11)4-6-14/h7-8H,3-6H2,1-2H3. The summed E-state index contributed by atoms with van der Waals surface area (Å²) >= 11 is 0. The molecule has 0 amide bonds. The van der Waals surface area contributed by atoms with Gasteiger partial charge in [-0.1, -0.05) is 18.9 Å². The normalized spacial score (nSPS) is 18.8. The Morgan fingerprint density at radius 3 is 2.53 bits per heavy atom. The molecule has 5 heteroatoms. The molecule has 1 aliphatic rings. The van der Waals surface area contributed by atoms with Crippen LogP contribution in [0.3, 0.4) is 0 Å². The van der Waals surface area contributed by atoms with Gasteiger partial charge in [-0.3, -0.25) is 0 Å². The number of hydrogen-bond donors (Lipinski definition) is 0. The van der Waals surface area contributed by atoms with E-state index >= 15 is 0 Å². The molecule has 15 heavy (non-hydrogen) atoms. The van der Waals surface area contributed by atoms with Crippen molar-refractivity contribution in [1.29, 1.82) is 0 Å². The minimum atomic E-state index is -0.672. The third-order valence-corrected chi connectivity index (χ3v) is 2.62. The predicted molar refractivity (Wildman–Crippen MR) is 54.7 cm³/mol. The second kappa shape index (κ2) is 4.16. The zero-order valence-electron chi connectivity index (χ0n) is 9.11. The van der Waals surface area contributed by atoms with Crippen LogP contribution in [0.5, 0.6) is 0 Å². The maximum absolute atomic E-state index is 12.9. The smallest absolute Gasteiger partial charge is 0.318 e. The average molecular weight is 213 g/mol. The molecule has 84 valence electrons. The zero-order chi connectivity index (χ0) is 10.8. The molecular weight excluding hydrogens is 197 g/mol. The molecule has 1 saturated heterocycles. The van der Waals surface area contributed by atoms with E-state index in [0.717, 1.165) is 0 Å². The summed E-state index contributed by atoms with van der Waals surface area (Å²) in [5, 5.41) is 7.93. The summed E-state index contributed by atoms with van der Waals surface area (Å²) in [6.07, 6.45) is 0.437. The summed E-state index contributed by atoms with van der Waals surface area (Å²) in [6, 6.07) is 0.533. The van der Waals surface area contributed by atoms with Crippen molar-refractivity contribution in [3.8, 4) is 0 Å². The Morgan fingerprint density at radius 1 is 1.33 bits per heavy atom. The second-order valence-electron chi connectivity index (χ2n) is 4.24. The van der Waals surface area contributed by atoms with E-state index in [4.69, 9.17) is 4.42 Å². The quantitative estimate of drug-likeness (QED) is 0.754. The van der Waals surface area contributed by atoms with Crippen molar-refractivity contribution in [1.82, 2.24) is 10.2 Å². The van der Waals surface area contributed by atoms with E-state index in [1.807, 2.05) is 18.7 Å².